The molecule has 1 fully saturated rings. The van der Waals surface area contributed by atoms with Crippen molar-refractivity contribution in [1.82, 2.24) is 14.7 Å². The van der Waals surface area contributed by atoms with Gasteiger partial charge in [0.15, 0.2) is 0 Å². The Morgan fingerprint density at radius 1 is 1.27 bits per heavy atom. The first kappa shape index (κ1) is 17.9. The summed E-state index contributed by atoms with van der Waals surface area (Å²) in [5.41, 5.74) is 2.02. The van der Waals surface area contributed by atoms with Crippen LogP contribution in [-0.4, -0.2) is 38.8 Å². The lowest BCUT2D eigenvalue weighted by Gasteiger charge is -2.31. The molecule has 8 heteroatoms. The highest BCUT2D eigenvalue weighted by Crippen LogP contribution is 2.29. The predicted octanol–water partition coefficient (Wildman–Crippen LogP) is 3.38. The van der Waals surface area contributed by atoms with Crippen LogP contribution in [0.4, 0.5) is 10.5 Å². The van der Waals surface area contributed by atoms with Crippen molar-refractivity contribution in [3.8, 4) is 0 Å². The van der Waals surface area contributed by atoms with Gasteiger partial charge in [0.05, 0.1) is 11.0 Å². The number of aryl methyl sites for hydroxylation is 1. The number of piperidine rings is 1. The van der Waals surface area contributed by atoms with Crippen LogP contribution < -0.4 is 0 Å². The molecule has 1 aliphatic heterocycles. The topological polar surface area (TPSA) is 90.5 Å². The minimum Gasteiger partial charge on any atom is -0.445 e. The first-order chi connectivity index (χ1) is 12.5. The van der Waals surface area contributed by atoms with E-state index in [1.54, 1.807) is 23.4 Å². The molecule has 0 unspecified atom stereocenters. The number of amides is 1. The highest BCUT2D eigenvalue weighted by molar-refractivity contribution is 5.67. The van der Waals surface area contributed by atoms with Crippen LogP contribution in [-0.2, 0) is 11.3 Å². The summed E-state index contributed by atoms with van der Waals surface area (Å²) in [6.07, 6.45) is 1.06. The molecule has 138 valence electrons. The van der Waals surface area contributed by atoms with Crippen molar-refractivity contribution in [3.63, 3.8) is 0 Å². The largest absolute Gasteiger partial charge is 0.445 e. The second-order valence-electron chi connectivity index (χ2n) is 6.48. The lowest BCUT2D eigenvalue weighted by atomic mass is 10.1. The van der Waals surface area contributed by atoms with Crippen LogP contribution in [0.5, 0.6) is 0 Å². The van der Waals surface area contributed by atoms with Gasteiger partial charge in [-0.1, -0.05) is 30.3 Å². The highest BCUT2D eigenvalue weighted by atomic mass is 16.6. The molecule has 2 aromatic rings. The Bertz CT molecular complexity index is 795. The highest BCUT2D eigenvalue weighted by Gasteiger charge is 2.30. The third kappa shape index (κ3) is 3.68. The van der Waals surface area contributed by atoms with Gasteiger partial charge < -0.3 is 9.64 Å². The quantitative estimate of drug-likeness (QED) is 0.617. The summed E-state index contributed by atoms with van der Waals surface area (Å²) < 4.78 is 7.10. The first-order valence-electron chi connectivity index (χ1n) is 8.63. The average Bonchev–Trinajstić information content (AvgIpc) is 2.95. The molecule has 1 amide bonds. The summed E-state index contributed by atoms with van der Waals surface area (Å²) in [5.74, 6) is 0. The lowest BCUT2D eigenvalue weighted by molar-refractivity contribution is -0.386. The summed E-state index contributed by atoms with van der Waals surface area (Å²) >= 11 is 0. The molecule has 0 bridgehead atoms. The minimum absolute atomic E-state index is 0.0561. The SMILES string of the molecule is Cc1nn(C2CCN(C(=O)OCc3ccccc3)CC2)c(C)c1[N+](=O)[O-]. The molecule has 0 spiro atoms. The van der Waals surface area contributed by atoms with Crippen LogP contribution in [0.25, 0.3) is 0 Å². The zero-order valence-corrected chi connectivity index (χ0v) is 14.9. The summed E-state index contributed by atoms with van der Waals surface area (Å²) in [7, 11) is 0. The maximum Gasteiger partial charge on any atom is 0.410 e. The Balaban J connectivity index is 1.57. The number of ether oxygens (including phenoxy) is 1. The molecule has 1 aromatic heterocycles. The second kappa shape index (κ2) is 7.55. The van der Waals surface area contributed by atoms with Crippen molar-refractivity contribution in [2.45, 2.75) is 39.3 Å². The van der Waals surface area contributed by atoms with Crippen LogP contribution in [0.15, 0.2) is 30.3 Å². The molecule has 0 N–H and O–H groups in total. The number of likely N-dealkylation sites (tertiary alicyclic amines) is 1. The Hall–Kier alpha value is -2.90. The van der Waals surface area contributed by atoms with E-state index >= 15 is 0 Å². The summed E-state index contributed by atoms with van der Waals surface area (Å²) in [6.45, 7) is 4.72. The van der Waals surface area contributed by atoms with E-state index in [9.17, 15) is 14.9 Å². The summed E-state index contributed by atoms with van der Waals surface area (Å²) in [4.78, 5) is 24.7. The average molecular weight is 358 g/mol. The molecule has 0 atom stereocenters. The molecule has 1 aliphatic rings. The van der Waals surface area contributed by atoms with Crippen molar-refractivity contribution < 1.29 is 14.5 Å². The standard InChI is InChI=1S/C18H22N4O4/c1-13-17(22(24)25)14(2)21(19-13)16-8-10-20(11-9-16)18(23)26-12-15-6-4-3-5-7-15/h3-7,16H,8-12H2,1-2H3. The fraction of sp³-hybridized carbons (Fsp3) is 0.444. The molecule has 26 heavy (non-hydrogen) atoms. The normalized spacial score (nSPS) is 15.1. The smallest absolute Gasteiger partial charge is 0.410 e. The zero-order valence-electron chi connectivity index (χ0n) is 14.9. The molecular formula is C18H22N4O4. The van der Waals surface area contributed by atoms with Gasteiger partial charge in [-0.2, -0.15) is 5.10 Å². The number of hydrogen-bond acceptors (Lipinski definition) is 5. The Morgan fingerprint density at radius 2 is 1.92 bits per heavy atom. The monoisotopic (exact) mass is 358 g/mol. The van der Waals surface area contributed by atoms with Crippen LogP contribution in [0.1, 0.15) is 35.8 Å². The number of nitrogens with zero attached hydrogens (tertiary/aromatic N) is 4. The van der Waals surface area contributed by atoms with Gasteiger partial charge in [-0.05, 0) is 32.3 Å². The van der Waals surface area contributed by atoms with Crippen molar-refractivity contribution in [2.24, 2.45) is 0 Å². The molecule has 0 aliphatic carbocycles. The second-order valence-corrected chi connectivity index (χ2v) is 6.48. The molecule has 1 saturated heterocycles. The molecular weight excluding hydrogens is 336 g/mol. The Labute approximate surface area is 151 Å². The molecule has 8 nitrogen and oxygen atoms in total. The number of hydrogen-bond donors (Lipinski definition) is 0. The fourth-order valence-corrected chi connectivity index (χ4v) is 3.38. The van der Waals surface area contributed by atoms with Crippen molar-refractivity contribution >= 4 is 11.8 Å². The molecule has 0 saturated carbocycles. The van der Waals surface area contributed by atoms with E-state index in [-0.39, 0.29) is 29.4 Å². The maximum absolute atomic E-state index is 12.2. The number of carbonyl (C=O) groups excluding carboxylic acids is 1. The van der Waals surface area contributed by atoms with Gasteiger partial charge in [0.25, 0.3) is 0 Å². The van der Waals surface area contributed by atoms with E-state index < -0.39 is 0 Å². The van der Waals surface area contributed by atoms with Gasteiger partial charge in [-0.25, -0.2) is 4.79 Å². The number of aromatic nitrogens is 2. The number of rotatable bonds is 4. The zero-order chi connectivity index (χ0) is 18.7. The van der Waals surface area contributed by atoms with Crippen molar-refractivity contribution in [3.05, 3.63) is 57.4 Å². The van der Waals surface area contributed by atoms with Gasteiger partial charge in [-0.15, -0.1) is 0 Å². The number of carbonyl (C=O) groups is 1. The molecule has 0 radical (unpaired) electrons. The Morgan fingerprint density at radius 3 is 2.50 bits per heavy atom. The van der Waals surface area contributed by atoms with E-state index in [1.807, 2.05) is 30.3 Å². The van der Waals surface area contributed by atoms with Crippen molar-refractivity contribution in [1.29, 1.82) is 0 Å². The van der Waals surface area contributed by atoms with E-state index in [0.717, 1.165) is 5.56 Å². The fourth-order valence-electron chi connectivity index (χ4n) is 3.38. The van der Waals surface area contributed by atoms with Gasteiger partial charge >= 0.3 is 11.8 Å². The maximum atomic E-state index is 12.2. The summed E-state index contributed by atoms with van der Waals surface area (Å²) in [5, 5.41) is 15.5. The van der Waals surface area contributed by atoms with Crippen LogP contribution in [0.3, 0.4) is 0 Å². The summed E-state index contributed by atoms with van der Waals surface area (Å²) in [6, 6.07) is 9.61. The Kier molecular flexibility index (Phi) is 5.20. The first-order valence-corrected chi connectivity index (χ1v) is 8.63. The van der Waals surface area contributed by atoms with Crippen molar-refractivity contribution in [2.75, 3.05) is 13.1 Å². The van der Waals surface area contributed by atoms with Crippen LogP contribution in [0, 0.1) is 24.0 Å². The van der Waals surface area contributed by atoms with Crippen LogP contribution in [0.2, 0.25) is 0 Å². The van der Waals surface area contributed by atoms with Gasteiger partial charge in [-0.3, -0.25) is 14.8 Å². The van der Waals surface area contributed by atoms with Gasteiger partial charge in [0.2, 0.25) is 0 Å². The molecule has 3 rings (SSSR count). The number of benzene rings is 1. The lowest BCUT2D eigenvalue weighted by Crippen LogP contribution is -2.39. The number of nitro groups is 1. The van der Waals surface area contributed by atoms with E-state index in [4.69, 9.17) is 4.74 Å². The van der Waals surface area contributed by atoms with E-state index in [0.29, 0.717) is 37.3 Å². The van der Waals surface area contributed by atoms with E-state index in [1.165, 1.54) is 0 Å². The third-order valence-corrected chi connectivity index (χ3v) is 4.74. The van der Waals surface area contributed by atoms with Gasteiger partial charge in [0, 0.05) is 13.1 Å². The predicted molar refractivity (Wildman–Crippen MR) is 94.8 cm³/mol. The minimum atomic E-state index is -0.385. The molecule has 2 heterocycles. The van der Waals surface area contributed by atoms with Gasteiger partial charge in [0.1, 0.15) is 18.0 Å². The van der Waals surface area contributed by atoms with E-state index in [2.05, 4.69) is 5.10 Å². The van der Waals surface area contributed by atoms with Crippen LogP contribution >= 0.6 is 0 Å². The molecule has 1 aromatic carbocycles. The third-order valence-electron chi connectivity index (χ3n) is 4.74.